The fraction of sp³-hybridized carbons (Fsp3) is 0.793. The molecule has 0 aromatic carbocycles. The molecule has 8 atom stereocenters. The molecule has 34 heavy (non-hydrogen) atoms. The van der Waals surface area contributed by atoms with Crippen molar-refractivity contribution in [2.45, 2.75) is 116 Å². The molecule has 3 aliphatic carbocycles. The van der Waals surface area contributed by atoms with E-state index in [1.54, 1.807) is 6.08 Å². The van der Waals surface area contributed by atoms with Gasteiger partial charge in [-0.3, -0.25) is 9.59 Å². The van der Waals surface area contributed by atoms with Gasteiger partial charge in [0.2, 0.25) is 0 Å². The zero-order valence-corrected chi connectivity index (χ0v) is 21.8. The van der Waals surface area contributed by atoms with Crippen LogP contribution in [0.5, 0.6) is 0 Å². The lowest BCUT2D eigenvalue weighted by molar-refractivity contribution is -0.244. The predicted octanol–water partition coefficient (Wildman–Crippen LogP) is 5.92. The number of ether oxygens (including phenoxy) is 3. The fourth-order valence-electron chi connectivity index (χ4n) is 8.26. The summed E-state index contributed by atoms with van der Waals surface area (Å²) in [6, 6.07) is 0. The molecule has 0 aromatic heterocycles. The third-order valence-electron chi connectivity index (χ3n) is 10.2. The van der Waals surface area contributed by atoms with E-state index in [1.165, 1.54) is 25.3 Å². The standard InChI is InChI=1S/C29H42O5/c1-18(2)8-7-9-19(3)29-15-14-28(34-29)23-11-10-21-16-22(31)12-13-26(21,5)24(23)17-25(32-20(4)30)27(28,6)33-29/h12-13,16,18-19,23-25H,7-11,14-15,17H2,1-6H3/t19?,23-,24+,25+,26+,27+,28-,29+/m1/s1. The Balaban J connectivity index is 1.51. The van der Waals surface area contributed by atoms with Crippen LogP contribution in [-0.2, 0) is 23.8 Å². The first-order chi connectivity index (χ1) is 16.0. The van der Waals surface area contributed by atoms with Crippen molar-refractivity contribution in [1.82, 2.24) is 0 Å². The number of allylic oxidation sites excluding steroid dienone is 4. The summed E-state index contributed by atoms with van der Waals surface area (Å²) in [5.74, 6) is 0.730. The van der Waals surface area contributed by atoms with Crippen LogP contribution in [0.3, 0.4) is 0 Å². The summed E-state index contributed by atoms with van der Waals surface area (Å²) in [7, 11) is 0. The molecule has 2 bridgehead atoms. The van der Waals surface area contributed by atoms with Gasteiger partial charge in [-0.25, -0.2) is 0 Å². The Morgan fingerprint density at radius 3 is 2.62 bits per heavy atom. The Kier molecular flexibility index (Phi) is 5.72. The normalized spacial score (nSPS) is 45.4. The summed E-state index contributed by atoms with van der Waals surface area (Å²) in [4.78, 5) is 24.4. The smallest absolute Gasteiger partial charge is 0.303 e. The van der Waals surface area contributed by atoms with Crippen LogP contribution in [-0.4, -0.2) is 34.8 Å². The van der Waals surface area contributed by atoms with Crippen molar-refractivity contribution in [1.29, 1.82) is 0 Å². The highest BCUT2D eigenvalue weighted by atomic mass is 16.8. The molecule has 0 radical (unpaired) electrons. The maximum absolute atomic E-state index is 12.2. The Bertz CT molecular complexity index is 935. The summed E-state index contributed by atoms with van der Waals surface area (Å²) < 4.78 is 20.2. The second-order valence-corrected chi connectivity index (χ2v) is 12.5. The van der Waals surface area contributed by atoms with Gasteiger partial charge in [-0.1, -0.05) is 52.2 Å². The molecule has 5 rings (SSSR count). The van der Waals surface area contributed by atoms with Crippen LogP contribution in [0, 0.1) is 29.1 Å². The van der Waals surface area contributed by atoms with Gasteiger partial charge in [0.1, 0.15) is 17.3 Å². The van der Waals surface area contributed by atoms with Gasteiger partial charge in [0.25, 0.3) is 0 Å². The molecule has 1 unspecified atom stereocenters. The van der Waals surface area contributed by atoms with E-state index in [9.17, 15) is 9.59 Å². The SMILES string of the molecule is CC(=O)O[C@H]1C[C@H]2[C@@H](CCC3=CC(=O)C=C[C@@]32C)[C@]23CC[C@](C(C)CCCC(C)C)(O[C@@]12C)O3. The van der Waals surface area contributed by atoms with Crippen LogP contribution in [0.25, 0.3) is 0 Å². The first kappa shape index (κ1) is 24.2. The van der Waals surface area contributed by atoms with Crippen LogP contribution in [0.2, 0.25) is 0 Å². The first-order valence-electron chi connectivity index (χ1n) is 13.5. The van der Waals surface area contributed by atoms with Gasteiger partial charge in [0.15, 0.2) is 11.6 Å². The molecule has 188 valence electrons. The molecule has 5 nitrogen and oxygen atoms in total. The largest absolute Gasteiger partial charge is 0.459 e. The highest BCUT2D eigenvalue weighted by Crippen LogP contribution is 2.70. The van der Waals surface area contributed by atoms with E-state index in [1.807, 2.05) is 6.08 Å². The third-order valence-corrected chi connectivity index (χ3v) is 10.2. The van der Waals surface area contributed by atoms with E-state index >= 15 is 0 Å². The van der Waals surface area contributed by atoms with Gasteiger partial charge in [-0.15, -0.1) is 0 Å². The number of rotatable bonds is 6. The van der Waals surface area contributed by atoms with Crippen molar-refractivity contribution in [3.05, 3.63) is 23.8 Å². The lowest BCUT2D eigenvalue weighted by Gasteiger charge is -2.61. The van der Waals surface area contributed by atoms with Crippen molar-refractivity contribution in [3.63, 3.8) is 0 Å². The zero-order chi connectivity index (χ0) is 24.5. The minimum atomic E-state index is -0.657. The van der Waals surface area contributed by atoms with Gasteiger partial charge in [-0.05, 0) is 68.9 Å². The molecule has 4 fully saturated rings. The average molecular weight is 471 g/mol. The minimum absolute atomic E-state index is 0.0804. The summed E-state index contributed by atoms with van der Waals surface area (Å²) in [5, 5.41) is 0. The first-order valence-corrected chi connectivity index (χ1v) is 13.5. The number of carbonyl (C=O) groups excluding carboxylic acids is 2. The molecular formula is C29H42O5. The van der Waals surface area contributed by atoms with Gasteiger partial charge >= 0.3 is 5.97 Å². The lowest BCUT2D eigenvalue weighted by atomic mass is 9.47. The second-order valence-electron chi connectivity index (χ2n) is 12.5. The number of esters is 1. The molecule has 5 aliphatic rings. The third kappa shape index (κ3) is 3.32. The maximum Gasteiger partial charge on any atom is 0.303 e. The predicted molar refractivity (Wildman–Crippen MR) is 130 cm³/mol. The molecule has 1 spiro atoms. The van der Waals surface area contributed by atoms with Crippen molar-refractivity contribution >= 4 is 11.8 Å². The van der Waals surface area contributed by atoms with Gasteiger partial charge in [0, 0.05) is 24.7 Å². The van der Waals surface area contributed by atoms with E-state index in [2.05, 4.69) is 40.7 Å². The molecule has 2 aliphatic heterocycles. The lowest BCUT2D eigenvalue weighted by Crippen LogP contribution is -2.69. The number of hydrogen-bond acceptors (Lipinski definition) is 5. The summed E-state index contributed by atoms with van der Waals surface area (Å²) >= 11 is 0. The van der Waals surface area contributed by atoms with E-state index in [0.717, 1.165) is 38.5 Å². The average Bonchev–Trinajstić information content (AvgIpc) is 3.27. The number of fused-ring (bicyclic) bond motifs is 4. The Labute approximate surface area is 204 Å². The van der Waals surface area contributed by atoms with Gasteiger partial charge in [0.05, 0.1) is 0 Å². The van der Waals surface area contributed by atoms with Gasteiger partial charge < -0.3 is 14.2 Å². The second kappa shape index (κ2) is 8.03. The molecule has 0 aromatic rings. The van der Waals surface area contributed by atoms with E-state index in [0.29, 0.717) is 11.8 Å². The van der Waals surface area contributed by atoms with Gasteiger partial charge in [-0.2, -0.15) is 0 Å². The molecule has 0 N–H and O–H groups in total. The van der Waals surface area contributed by atoms with E-state index < -0.39 is 17.0 Å². The molecular weight excluding hydrogens is 428 g/mol. The summed E-state index contributed by atoms with van der Waals surface area (Å²) in [6.07, 6.45) is 13.2. The minimum Gasteiger partial charge on any atom is -0.459 e. The molecule has 2 saturated carbocycles. The summed E-state index contributed by atoms with van der Waals surface area (Å²) in [6.45, 7) is 12.7. The van der Waals surface area contributed by atoms with Crippen molar-refractivity contribution in [2.24, 2.45) is 29.1 Å². The van der Waals surface area contributed by atoms with Crippen LogP contribution in [0.1, 0.15) is 92.9 Å². The zero-order valence-electron chi connectivity index (χ0n) is 21.8. The molecule has 5 heteroatoms. The maximum atomic E-state index is 12.2. The fourth-order valence-corrected chi connectivity index (χ4v) is 8.26. The Morgan fingerprint density at radius 2 is 1.91 bits per heavy atom. The Hall–Kier alpha value is -1.46. The summed E-state index contributed by atoms with van der Waals surface area (Å²) in [5.41, 5.74) is -0.124. The number of carbonyl (C=O) groups is 2. The van der Waals surface area contributed by atoms with Crippen molar-refractivity contribution < 1.29 is 23.8 Å². The van der Waals surface area contributed by atoms with Crippen LogP contribution in [0.15, 0.2) is 23.8 Å². The highest BCUT2D eigenvalue weighted by Gasteiger charge is 2.78. The van der Waals surface area contributed by atoms with Crippen LogP contribution < -0.4 is 0 Å². The molecule has 2 heterocycles. The number of hydrogen-bond donors (Lipinski definition) is 0. The quantitative estimate of drug-likeness (QED) is 0.451. The highest BCUT2D eigenvalue weighted by molar-refractivity contribution is 6.01. The van der Waals surface area contributed by atoms with E-state index in [-0.39, 0.29) is 35.1 Å². The topological polar surface area (TPSA) is 61.8 Å². The van der Waals surface area contributed by atoms with Crippen LogP contribution in [0.4, 0.5) is 0 Å². The molecule has 0 amide bonds. The Morgan fingerprint density at radius 1 is 1.15 bits per heavy atom. The van der Waals surface area contributed by atoms with E-state index in [4.69, 9.17) is 14.2 Å². The molecule has 2 saturated heterocycles. The van der Waals surface area contributed by atoms with Crippen molar-refractivity contribution in [2.75, 3.05) is 0 Å². The van der Waals surface area contributed by atoms with Crippen LogP contribution >= 0.6 is 0 Å². The van der Waals surface area contributed by atoms with Crippen molar-refractivity contribution in [3.8, 4) is 0 Å². The number of ketones is 1. The monoisotopic (exact) mass is 470 g/mol.